The van der Waals surface area contributed by atoms with Crippen molar-refractivity contribution in [3.8, 4) is 0 Å². The molecule has 0 radical (unpaired) electrons. The molecule has 64 valence electrons. The minimum atomic E-state index is 0.878. The third-order valence-corrected chi connectivity index (χ3v) is 2.47. The summed E-state index contributed by atoms with van der Waals surface area (Å²) in [5, 5.41) is 0.878. The zero-order chi connectivity index (χ0) is 9.14. The maximum absolute atomic E-state index is 6.02. The van der Waals surface area contributed by atoms with Gasteiger partial charge in [-0.2, -0.15) is 0 Å². The molecule has 0 nitrogen and oxygen atoms in total. The van der Waals surface area contributed by atoms with E-state index in [4.69, 9.17) is 11.6 Å². The Balaban J connectivity index is 3.11. The molecular formula is C11H13Cl. The van der Waals surface area contributed by atoms with Crippen molar-refractivity contribution in [1.82, 2.24) is 0 Å². The summed E-state index contributed by atoms with van der Waals surface area (Å²) in [5.74, 6) is 0. The molecule has 0 saturated carbocycles. The zero-order valence-electron chi connectivity index (χ0n) is 7.52. The van der Waals surface area contributed by atoms with Crippen LogP contribution in [-0.2, 0) is 6.42 Å². The number of halogens is 1. The highest BCUT2D eigenvalue weighted by atomic mass is 35.5. The van der Waals surface area contributed by atoms with Gasteiger partial charge in [0, 0.05) is 5.02 Å². The van der Waals surface area contributed by atoms with E-state index in [-0.39, 0.29) is 0 Å². The van der Waals surface area contributed by atoms with Gasteiger partial charge in [-0.3, -0.25) is 0 Å². The number of rotatable bonds is 2. The molecule has 1 aromatic rings. The average molecular weight is 181 g/mol. The third-order valence-electron chi connectivity index (χ3n) is 1.88. The van der Waals surface area contributed by atoms with Crippen LogP contribution < -0.4 is 0 Å². The van der Waals surface area contributed by atoms with Gasteiger partial charge in [0.2, 0.25) is 0 Å². The second kappa shape index (κ2) is 3.77. The lowest BCUT2D eigenvalue weighted by molar-refractivity contribution is 1.23. The van der Waals surface area contributed by atoms with Gasteiger partial charge in [-0.1, -0.05) is 29.8 Å². The Labute approximate surface area is 78.9 Å². The van der Waals surface area contributed by atoms with E-state index in [2.05, 4.69) is 18.7 Å². The number of allylic oxidation sites excluding steroid dienone is 1. The van der Waals surface area contributed by atoms with E-state index in [0.717, 1.165) is 22.6 Å². The van der Waals surface area contributed by atoms with Crippen molar-refractivity contribution in [2.24, 2.45) is 0 Å². The molecule has 0 fully saturated rings. The van der Waals surface area contributed by atoms with Crippen LogP contribution >= 0.6 is 11.6 Å². The van der Waals surface area contributed by atoms with Gasteiger partial charge in [0.15, 0.2) is 0 Å². The SMILES string of the molecule is C=CCc1cc(C)c(Cl)c(C)c1. The van der Waals surface area contributed by atoms with Crippen LogP contribution in [0.2, 0.25) is 5.02 Å². The quantitative estimate of drug-likeness (QED) is 0.609. The lowest BCUT2D eigenvalue weighted by atomic mass is 10.1. The smallest absolute Gasteiger partial charge is 0.0464 e. The standard InChI is InChI=1S/C11H13Cl/c1-4-5-10-6-8(2)11(12)9(3)7-10/h4,6-7H,1,5H2,2-3H3. The van der Waals surface area contributed by atoms with Gasteiger partial charge in [-0.25, -0.2) is 0 Å². The van der Waals surface area contributed by atoms with Gasteiger partial charge >= 0.3 is 0 Å². The minimum Gasteiger partial charge on any atom is -0.103 e. The second-order valence-electron chi connectivity index (χ2n) is 3.04. The summed E-state index contributed by atoms with van der Waals surface area (Å²) in [7, 11) is 0. The maximum Gasteiger partial charge on any atom is 0.0464 e. The van der Waals surface area contributed by atoms with E-state index in [1.54, 1.807) is 0 Å². The highest BCUT2D eigenvalue weighted by Crippen LogP contribution is 2.21. The van der Waals surface area contributed by atoms with Crippen LogP contribution in [0.4, 0.5) is 0 Å². The van der Waals surface area contributed by atoms with Crippen LogP contribution in [0.3, 0.4) is 0 Å². The van der Waals surface area contributed by atoms with Crippen LogP contribution in [0.25, 0.3) is 0 Å². The highest BCUT2D eigenvalue weighted by Gasteiger charge is 2.00. The lowest BCUT2D eigenvalue weighted by Crippen LogP contribution is -1.87. The molecule has 0 heterocycles. The zero-order valence-corrected chi connectivity index (χ0v) is 8.28. The topological polar surface area (TPSA) is 0 Å². The van der Waals surface area contributed by atoms with Crippen LogP contribution in [0, 0.1) is 13.8 Å². The van der Waals surface area contributed by atoms with Gasteiger partial charge in [-0.15, -0.1) is 6.58 Å². The van der Waals surface area contributed by atoms with Crippen molar-refractivity contribution in [3.63, 3.8) is 0 Å². The summed E-state index contributed by atoms with van der Waals surface area (Å²) in [6.07, 6.45) is 2.82. The molecule has 12 heavy (non-hydrogen) atoms. The van der Waals surface area contributed by atoms with E-state index in [1.165, 1.54) is 5.56 Å². The number of aryl methyl sites for hydroxylation is 2. The van der Waals surface area contributed by atoms with E-state index >= 15 is 0 Å². The normalized spacial score (nSPS) is 9.92. The number of hydrogen-bond donors (Lipinski definition) is 0. The summed E-state index contributed by atoms with van der Waals surface area (Å²) >= 11 is 6.02. The molecular weight excluding hydrogens is 168 g/mol. The van der Waals surface area contributed by atoms with Crippen LogP contribution in [0.15, 0.2) is 24.8 Å². The molecule has 0 aliphatic carbocycles. The second-order valence-corrected chi connectivity index (χ2v) is 3.41. The van der Waals surface area contributed by atoms with Gasteiger partial charge in [0.25, 0.3) is 0 Å². The predicted octanol–water partition coefficient (Wildman–Crippen LogP) is 3.69. The summed E-state index contributed by atoms with van der Waals surface area (Å²) < 4.78 is 0. The average Bonchev–Trinajstić information content (AvgIpc) is 2.01. The Kier molecular flexibility index (Phi) is 2.93. The molecule has 0 unspecified atom stereocenters. The Bertz CT molecular complexity index is 277. The fourth-order valence-corrected chi connectivity index (χ4v) is 1.43. The molecule has 0 bridgehead atoms. The monoisotopic (exact) mass is 180 g/mol. The minimum absolute atomic E-state index is 0.878. The first-order valence-electron chi connectivity index (χ1n) is 4.01. The Hall–Kier alpha value is -0.750. The summed E-state index contributed by atoms with van der Waals surface area (Å²) in [4.78, 5) is 0. The van der Waals surface area contributed by atoms with Crippen molar-refractivity contribution >= 4 is 11.6 Å². The third kappa shape index (κ3) is 1.89. The largest absolute Gasteiger partial charge is 0.103 e. The van der Waals surface area contributed by atoms with Crippen molar-refractivity contribution in [3.05, 3.63) is 46.5 Å². The number of benzene rings is 1. The first kappa shape index (κ1) is 9.34. The van der Waals surface area contributed by atoms with Crippen molar-refractivity contribution < 1.29 is 0 Å². The molecule has 0 spiro atoms. The first-order chi connectivity index (χ1) is 5.65. The van der Waals surface area contributed by atoms with Crippen LogP contribution in [0.1, 0.15) is 16.7 Å². The Morgan fingerprint density at radius 1 is 1.33 bits per heavy atom. The number of hydrogen-bond acceptors (Lipinski definition) is 0. The molecule has 1 aromatic carbocycles. The predicted molar refractivity (Wildman–Crippen MR) is 54.8 cm³/mol. The molecule has 0 amide bonds. The van der Waals surface area contributed by atoms with E-state index < -0.39 is 0 Å². The molecule has 0 N–H and O–H groups in total. The van der Waals surface area contributed by atoms with Gasteiger partial charge in [-0.05, 0) is 37.0 Å². The van der Waals surface area contributed by atoms with E-state index in [0.29, 0.717) is 0 Å². The van der Waals surface area contributed by atoms with Crippen molar-refractivity contribution in [2.75, 3.05) is 0 Å². The fraction of sp³-hybridized carbons (Fsp3) is 0.273. The fourth-order valence-electron chi connectivity index (χ4n) is 1.32. The van der Waals surface area contributed by atoms with Crippen LogP contribution in [-0.4, -0.2) is 0 Å². The Morgan fingerprint density at radius 3 is 2.25 bits per heavy atom. The molecule has 0 aliphatic rings. The highest BCUT2D eigenvalue weighted by molar-refractivity contribution is 6.32. The summed E-state index contributed by atoms with van der Waals surface area (Å²) in [6.45, 7) is 7.76. The summed E-state index contributed by atoms with van der Waals surface area (Å²) in [5.41, 5.74) is 3.58. The Morgan fingerprint density at radius 2 is 1.83 bits per heavy atom. The molecule has 1 heteroatoms. The maximum atomic E-state index is 6.02. The molecule has 0 saturated heterocycles. The van der Waals surface area contributed by atoms with Gasteiger partial charge < -0.3 is 0 Å². The van der Waals surface area contributed by atoms with E-state index in [9.17, 15) is 0 Å². The van der Waals surface area contributed by atoms with Gasteiger partial charge in [0.1, 0.15) is 0 Å². The lowest BCUT2D eigenvalue weighted by Gasteiger charge is -2.05. The van der Waals surface area contributed by atoms with Crippen molar-refractivity contribution in [1.29, 1.82) is 0 Å². The van der Waals surface area contributed by atoms with Gasteiger partial charge in [0.05, 0.1) is 0 Å². The van der Waals surface area contributed by atoms with Crippen LogP contribution in [0.5, 0.6) is 0 Å². The van der Waals surface area contributed by atoms with Crippen molar-refractivity contribution in [2.45, 2.75) is 20.3 Å². The van der Waals surface area contributed by atoms with E-state index in [1.807, 2.05) is 19.9 Å². The molecule has 0 aliphatic heterocycles. The first-order valence-corrected chi connectivity index (χ1v) is 4.39. The molecule has 0 atom stereocenters. The summed E-state index contributed by atoms with van der Waals surface area (Å²) in [6, 6.07) is 4.22. The molecule has 0 aromatic heterocycles. The molecule has 1 rings (SSSR count).